The van der Waals surface area contributed by atoms with E-state index in [-0.39, 0.29) is 5.91 Å². The van der Waals surface area contributed by atoms with Crippen molar-refractivity contribution in [3.05, 3.63) is 46.5 Å². The fraction of sp³-hybridized carbons (Fsp3) is 0.500. The molecule has 0 heterocycles. The third-order valence-corrected chi connectivity index (χ3v) is 4.15. The molecule has 0 saturated heterocycles. The number of carbonyl (C=O) groups is 1. The Bertz CT molecular complexity index is 514. The summed E-state index contributed by atoms with van der Waals surface area (Å²) in [5.41, 5.74) is 2.69. The Morgan fingerprint density at radius 3 is 2.86 bits per heavy atom. The van der Waals surface area contributed by atoms with Crippen LogP contribution in [0.5, 0.6) is 0 Å². The van der Waals surface area contributed by atoms with E-state index in [4.69, 9.17) is 11.6 Å². The Balaban J connectivity index is 1.53. The maximum absolute atomic E-state index is 11.7. The van der Waals surface area contributed by atoms with Gasteiger partial charge in [0, 0.05) is 11.6 Å². The average Bonchev–Trinajstić information content (AvgIpc) is 2.53. The highest BCUT2D eigenvalue weighted by atomic mass is 35.5. The summed E-state index contributed by atoms with van der Waals surface area (Å²) < 4.78 is 0. The number of hydrogen-bond donors (Lipinski definition) is 2. The molecule has 1 amide bonds. The number of hydrogen-bond acceptors (Lipinski definition) is 2. The standard InChI is InChI=1S/C18H25ClN2O/c19-17-8-4-7-16(13-17)10-12-21-18(22)14-20-11-9-15-5-2-1-3-6-15/h4-5,7-8,13,20H,1-3,6,9-12,14H2,(H,21,22). The molecule has 2 rings (SSSR count). The van der Waals surface area contributed by atoms with Crippen LogP contribution in [-0.2, 0) is 11.2 Å². The van der Waals surface area contributed by atoms with Crippen LogP contribution in [0.3, 0.4) is 0 Å². The maximum atomic E-state index is 11.7. The Morgan fingerprint density at radius 2 is 2.09 bits per heavy atom. The summed E-state index contributed by atoms with van der Waals surface area (Å²) in [6.45, 7) is 1.92. The molecule has 0 unspecified atom stereocenters. The van der Waals surface area contributed by atoms with Crippen LogP contribution in [0.25, 0.3) is 0 Å². The predicted molar refractivity (Wildman–Crippen MR) is 92.2 cm³/mol. The predicted octanol–water partition coefficient (Wildman–Crippen LogP) is 3.48. The molecule has 3 nitrogen and oxygen atoms in total. The summed E-state index contributed by atoms with van der Waals surface area (Å²) >= 11 is 5.93. The van der Waals surface area contributed by atoms with Gasteiger partial charge in [0.2, 0.25) is 5.91 Å². The monoisotopic (exact) mass is 320 g/mol. The van der Waals surface area contributed by atoms with Crippen LogP contribution in [0.4, 0.5) is 0 Å². The Kier molecular flexibility index (Phi) is 7.47. The van der Waals surface area contributed by atoms with Crippen LogP contribution in [0.1, 0.15) is 37.7 Å². The number of nitrogens with one attached hydrogen (secondary N) is 2. The Labute approximate surface area is 138 Å². The van der Waals surface area contributed by atoms with Crippen LogP contribution < -0.4 is 10.6 Å². The van der Waals surface area contributed by atoms with E-state index in [1.54, 1.807) is 5.57 Å². The molecule has 1 aliphatic carbocycles. The molecule has 0 spiro atoms. The molecular formula is C18H25ClN2O. The number of benzene rings is 1. The van der Waals surface area contributed by atoms with E-state index in [0.717, 1.165) is 30.0 Å². The number of allylic oxidation sites excluding steroid dienone is 1. The summed E-state index contributed by atoms with van der Waals surface area (Å²) in [4.78, 5) is 11.7. The van der Waals surface area contributed by atoms with E-state index in [9.17, 15) is 4.79 Å². The molecule has 1 aromatic carbocycles. The first kappa shape index (κ1) is 17.0. The van der Waals surface area contributed by atoms with Gasteiger partial charge in [-0.25, -0.2) is 0 Å². The van der Waals surface area contributed by atoms with Gasteiger partial charge in [0.05, 0.1) is 6.54 Å². The number of amides is 1. The van der Waals surface area contributed by atoms with Gasteiger partial charge in [0.1, 0.15) is 0 Å². The third-order valence-electron chi connectivity index (χ3n) is 3.92. The Hall–Kier alpha value is -1.32. The van der Waals surface area contributed by atoms with Crippen molar-refractivity contribution in [3.8, 4) is 0 Å². The largest absolute Gasteiger partial charge is 0.355 e. The lowest BCUT2D eigenvalue weighted by Gasteiger charge is -2.13. The molecule has 1 aromatic rings. The van der Waals surface area contributed by atoms with E-state index in [1.165, 1.54) is 25.7 Å². The normalized spacial score (nSPS) is 14.5. The average molecular weight is 321 g/mol. The molecule has 0 radical (unpaired) electrons. The fourth-order valence-electron chi connectivity index (χ4n) is 2.68. The second kappa shape index (κ2) is 9.65. The molecule has 0 aliphatic heterocycles. The summed E-state index contributed by atoms with van der Waals surface area (Å²) in [5.74, 6) is 0.0552. The molecular weight excluding hydrogens is 296 g/mol. The molecule has 0 fully saturated rings. The van der Waals surface area contributed by atoms with Gasteiger partial charge in [0.15, 0.2) is 0 Å². The van der Waals surface area contributed by atoms with E-state index >= 15 is 0 Å². The van der Waals surface area contributed by atoms with Crippen molar-refractivity contribution in [1.29, 1.82) is 0 Å². The van der Waals surface area contributed by atoms with Gasteiger partial charge in [-0.2, -0.15) is 0 Å². The second-order valence-electron chi connectivity index (χ2n) is 5.76. The van der Waals surface area contributed by atoms with Gasteiger partial charge in [-0.05, 0) is 62.8 Å². The minimum Gasteiger partial charge on any atom is -0.355 e. The molecule has 0 saturated carbocycles. The van der Waals surface area contributed by atoms with Gasteiger partial charge in [-0.1, -0.05) is 35.4 Å². The third kappa shape index (κ3) is 6.63. The Morgan fingerprint density at radius 1 is 1.18 bits per heavy atom. The van der Waals surface area contributed by atoms with Crippen molar-refractivity contribution >= 4 is 17.5 Å². The van der Waals surface area contributed by atoms with Gasteiger partial charge < -0.3 is 10.6 Å². The smallest absolute Gasteiger partial charge is 0.233 e. The quantitative estimate of drug-likeness (QED) is 0.569. The highest BCUT2D eigenvalue weighted by Gasteiger charge is 2.04. The lowest BCUT2D eigenvalue weighted by Crippen LogP contribution is -2.35. The lowest BCUT2D eigenvalue weighted by molar-refractivity contribution is -0.120. The maximum Gasteiger partial charge on any atom is 0.233 e. The van der Waals surface area contributed by atoms with Gasteiger partial charge in [-0.3, -0.25) is 4.79 Å². The summed E-state index contributed by atoms with van der Waals surface area (Å²) in [6.07, 6.45) is 9.32. The van der Waals surface area contributed by atoms with Crippen molar-refractivity contribution < 1.29 is 4.79 Å². The molecule has 22 heavy (non-hydrogen) atoms. The van der Waals surface area contributed by atoms with Crippen molar-refractivity contribution in [3.63, 3.8) is 0 Å². The molecule has 2 N–H and O–H groups in total. The first-order valence-corrected chi connectivity index (χ1v) is 8.51. The van der Waals surface area contributed by atoms with Crippen molar-refractivity contribution in [2.24, 2.45) is 0 Å². The zero-order valence-corrected chi connectivity index (χ0v) is 13.8. The first-order chi connectivity index (χ1) is 10.7. The highest BCUT2D eigenvalue weighted by Crippen LogP contribution is 2.19. The van der Waals surface area contributed by atoms with E-state index in [2.05, 4.69) is 16.7 Å². The minimum absolute atomic E-state index is 0.0552. The topological polar surface area (TPSA) is 41.1 Å². The number of carbonyl (C=O) groups excluding carboxylic acids is 1. The molecule has 120 valence electrons. The van der Waals surface area contributed by atoms with Crippen LogP contribution in [-0.4, -0.2) is 25.5 Å². The van der Waals surface area contributed by atoms with Gasteiger partial charge in [-0.15, -0.1) is 0 Å². The van der Waals surface area contributed by atoms with E-state index < -0.39 is 0 Å². The van der Waals surface area contributed by atoms with Gasteiger partial charge >= 0.3 is 0 Å². The zero-order valence-electron chi connectivity index (χ0n) is 13.0. The molecule has 0 bridgehead atoms. The van der Waals surface area contributed by atoms with E-state index in [1.807, 2.05) is 24.3 Å². The second-order valence-corrected chi connectivity index (χ2v) is 6.20. The summed E-state index contributed by atoms with van der Waals surface area (Å²) in [5, 5.41) is 6.88. The summed E-state index contributed by atoms with van der Waals surface area (Å²) in [7, 11) is 0. The van der Waals surface area contributed by atoms with E-state index in [0.29, 0.717) is 13.1 Å². The van der Waals surface area contributed by atoms with Crippen LogP contribution >= 0.6 is 11.6 Å². The molecule has 0 atom stereocenters. The summed E-state index contributed by atoms with van der Waals surface area (Å²) in [6, 6.07) is 7.74. The SMILES string of the molecule is O=C(CNCCC1=CCCCC1)NCCc1cccc(Cl)c1. The highest BCUT2D eigenvalue weighted by molar-refractivity contribution is 6.30. The minimum atomic E-state index is 0.0552. The number of rotatable bonds is 8. The van der Waals surface area contributed by atoms with Crippen molar-refractivity contribution in [2.45, 2.75) is 38.5 Å². The van der Waals surface area contributed by atoms with Crippen LogP contribution in [0, 0.1) is 0 Å². The van der Waals surface area contributed by atoms with Crippen LogP contribution in [0.15, 0.2) is 35.9 Å². The molecule has 4 heteroatoms. The number of halogens is 1. The van der Waals surface area contributed by atoms with Crippen molar-refractivity contribution in [2.75, 3.05) is 19.6 Å². The molecule has 1 aliphatic rings. The van der Waals surface area contributed by atoms with Crippen LogP contribution in [0.2, 0.25) is 5.02 Å². The van der Waals surface area contributed by atoms with Crippen molar-refractivity contribution in [1.82, 2.24) is 10.6 Å². The molecule has 0 aromatic heterocycles. The lowest BCUT2D eigenvalue weighted by atomic mass is 9.97. The fourth-order valence-corrected chi connectivity index (χ4v) is 2.90. The zero-order chi connectivity index (χ0) is 15.6. The first-order valence-electron chi connectivity index (χ1n) is 8.14. The van der Waals surface area contributed by atoms with Gasteiger partial charge in [0.25, 0.3) is 0 Å².